The van der Waals surface area contributed by atoms with E-state index < -0.39 is 0 Å². The third-order valence-electron chi connectivity index (χ3n) is 3.73. The summed E-state index contributed by atoms with van der Waals surface area (Å²) in [7, 11) is 1.63. The van der Waals surface area contributed by atoms with Gasteiger partial charge in [0, 0.05) is 34.9 Å². The van der Waals surface area contributed by atoms with Crippen molar-refractivity contribution in [1.82, 2.24) is 15.0 Å². The first-order valence-electron chi connectivity index (χ1n) is 7.00. The van der Waals surface area contributed by atoms with Crippen LogP contribution in [0.4, 0.5) is 0 Å². The van der Waals surface area contributed by atoms with E-state index in [1.54, 1.807) is 25.7 Å². The Balaban J connectivity index is 2.22. The van der Waals surface area contributed by atoms with Gasteiger partial charge in [-0.1, -0.05) is 18.2 Å². The van der Waals surface area contributed by atoms with Crippen LogP contribution in [0.1, 0.15) is 0 Å². The zero-order valence-corrected chi connectivity index (χ0v) is 12.0. The highest BCUT2D eigenvalue weighted by atomic mass is 16.5. The van der Waals surface area contributed by atoms with Gasteiger partial charge in [-0.05, 0) is 24.3 Å². The first kappa shape index (κ1) is 12.7. The number of rotatable bonds is 2. The van der Waals surface area contributed by atoms with Crippen LogP contribution in [0.2, 0.25) is 0 Å². The number of hydrogen-bond acceptors (Lipinski definition) is 4. The number of para-hydroxylation sites is 1. The lowest BCUT2D eigenvalue weighted by molar-refractivity contribution is 0.403. The molecule has 3 aromatic heterocycles. The predicted molar refractivity (Wildman–Crippen MR) is 86.8 cm³/mol. The molecule has 0 aliphatic heterocycles. The molecule has 0 unspecified atom stereocenters. The van der Waals surface area contributed by atoms with Gasteiger partial charge in [-0.15, -0.1) is 0 Å². The van der Waals surface area contributed by atoms with Gasteiger partial charge >= 0.3 is 0 Å². The molecule has 0 saturated heterocycles. The molecule has 0 aliphatic carbocycles. The first-order chi connectivity index (χ1) is 10.9. The van der Waals surface area contributed by atoms with E-state index in [0.29, 0.717) is 5.88 Å². The average molecular weight is 287 g/mol. The van der Waals surface area contributed by atoms with E-state index >= 15 is 0 Å². The number of nitrogens with zero attached hydrogens (tertiary/aromatic N) is 3. The van der Waals surface area contributed by atoms with Crippen molar-refractivity contribution in [3.8, 4) is 17.1 Å². The number of hydrogen-bond donors (Lipinski definition) is 0. The zero-order valence-electron chi connectivity index (χ0n) is 12.0. The Labute approximate surface area is 127 Å². The van der Waals surface area contributed by atoms with Gasteiger partial charge in [0.05, 0.1) is 23.7 Å². The monoisotopic (exact) mass is 287 g/mol. The molecule has 0 atom stereocenters. The summed E-state index contributed by atoms with van der Waals surface area (Å²) in [6.07, 6.45) is 5.30. The maximum absolute atomic E-state index is 5.47. The molecule has 4 nitrogen and oxygen atoms in total. The van der Waals surface area contributed by atoms with Crippen LogP contribution in [0.5, 0.6) is 5.88 Å². The fourth-order valence-electron chi connectivity index (χ4n) is 2.74. The molecule has 0 N–H and O–H groups in total. The summed E-state index contributed by atoms with van der Waals surface area (Å²) in [5.41, 5.74) is 2.81. The molecule has 0 fully saturated rings. The van der Waals surface area contributed by atoms with Crippen LogP contribution in [0.15, 0.2) is 61.1 Å². The van der Waals surface area contributed by atoms with Crippen molar-refractivity contribution in [1.29, 1.82) is 0 Å². The molecule has 0 amide bonds. The zero-order chi connectivity index (χ0) is 14.9. The van der Waals surface area contributed by atoms with Crippen molar-refractivity contribution in [3.63, 3.8) is 0 Å². The molecule has 22 heavy (non-hydrogen) atoms. The minimum Gasteiger partial charge on any atom is -0.480 e. The van der Waals surface area contributed by atoms with Crippen molar-refractivity contribution in [2.24, 2.45) is 0 Å². The second-order valence-electron chi connectivity index (χ2n) is 4.96. The largest absolute Gasteiger partial charge is 0.480 e. The summed E-state index contributed by atoms with van der Waals surface area (Å²) in [4.78, 5) is 13.3. The van der Waals surface area contributed by atoms with Crippen LogP contribution < -0.4 is 4.74 Å². The Kier molecular flexibility index (Phi) is 2.93. The van der Waals surface area contributed by atoms with Crippen LogP contribution in [-0.2, 0) is 0 Å². The normalized spacial score (nSPS) is 11.0. The van der Waals surface area contributed by atoms with E-state index in [1.165, 1.54) is 0 Å². The van der Waals surface area contributed by atoms with E-state index in [2.05, 4.69) is 16.0 Å². The van der Waals surface area contributed by atoms with Gasteiger partial charge in [0.15, 0.2) is 0 Å². The molecule has 4 heteroatoms. The SMILES string of the molecule is COc1nccc2c1c(-c1ccncc1)nc1ccccc12. The fourth-order valence-corrected chi connectivity index (χ4v) is 2.74. The van der Waals surface area contributed by atoms with Gasteiger partial charge in [0.25, 0.3) is 0 Å². The summed E-state index contributed by atoms with van der Waals surface area (Å²) in [5.74, 6) is 0.586. The molecular weight excluding hydrogens is 274 g/mol. The summed E-state index contributed by atoms with van der Waals surface area (Å²) < 4.78 is 5.47. The van der Waals surface area contributed by atoms with Crippen LogP contribution in [0, 0.1) is 0 Å². The van der Waals surface area contributed by atoms with E-state index in [1.807, 2.05) is 36.4 Å². The highest BCUT2D eigenvalue weighted by Crippen LogP contribution is 2.36. The standard InChI is InChI=1S/C18H13N3O/c1-22-18-16-14(8-11-20-18)13-4-2-3-5-15(13)21-17(16)12-6-9-19-10-7-12/h2-11H,1H3. The van der Waals surface area contributed by atoms with E-state index in [-0.39, 0.29) is 0 Å². The number of pyridine rings is 3. The number of fused-ring (bicyclic) bond motifs is 3. The smallest absolute Gasteiger partial charge is 0.223 e. The molecule has 0 bridgehead atoms. The highest BCUT2D eigenvalue weighted by molar-refractivity contribution is 6.12. The minimum atomic E-state index is 0.586. The quantitative estimate of drug-likeness (QED) is 0.525. The fraction of sp³-hybridized carbons (Fsp3) is 0.0556. The maximum Gasteiger partial charge on any atom is 0.223 e. The van der Waals surface area contributed by atoms with Gasteiger partial charge in [-0.25, -0.2) is 9.97 Å². The van der Waals surface area contributed by atoms with Gasteiger partial charge in [0.1, 0.15) is 0 Å². The third kappa shape index (κ3) is 1.89. The lowest BCUT2D eigenvalue weighted by Gasteiger charge is -2.12. The van der Waals surface area contributed by atoms with E-state index in [4.69, 9.17) is 9.72 Å². The maximum atomic E-state index is 5.47. The van der Waals surface area contributed by atoms with Crippen molar-refractivity contribution < 1.29 is 4.74 Å². The van der Waals surface area contributed by atoms with Crippen molar-refractivity contribution >= 4 is 21.7 Å². The second kappa shape index (κ2) is 5.07. The Morgan fingerprint density at radius 2 is 1.68 bits per heavy atom. The van der Waals surface area contributed by atoms with Crippen LogP contribution in [0.25, 0.3) is 32.9 Å². The second-order valence-corrected chi connectivity index (χ2v) is 4.96. The summed E-state index contributed by atoms with van der Waals surface area (Å²) in [6, 6.07) is 14.0. The molecule has 0 radical (unpaired) electrons. The Morgan fingerprint density at radius 3 is 2.50 bits per heavy atom. The molecule has 4 rings (SSSR count). The molecule has 1 aromatic carbocycles. The molecule has 0 spiro atoms. The Bertz CT molecular complexity index is 968. The van der Waals surface area contributed by atoms with Crippen molar-refractivity contribution in [2.75, 3.05) is 7.11 Å². The minimum absolute atomic E-state index is 0.586. The van der Waals surface area contributed by atoms with Gasteiger partial charge in [-0.2, -0.15) is 0 Å². The van der Waals surface area contributed by atoms with E-state index in [0.717, 1.165) is 32.9 Å². The number of methoxy groups -OCH3 is 1. The molecule has 4 aromatic rings. The van der Waals surface area contributed by atoms with Gasteiger partial charge in [0.2, 0.25) is 5.88 Å². The number of aromatic nitrogens is 3. The molecule has 0 saturated carbocycles. The highest BCUT2D eigenvalue weighted by Gasteiger charge is 2.14. The van der Waals surface area contributed by atoms with Crippen molar-refractivity contribution in [2.45, 2.75) is 0 Å². The lowest BCUT2D eigenvalue weighted by Crippen LogP contribution is -1.95. The molecule has 0 aliphatic rings. The average Bonchev–Trinajstić information content (AvgIpc) is 2.61. The van der Waals surface area contributed by atoms with Gasteiger partial charge < -0.3 is 4.74 Å². The van der Waals surface area contributed by atoms with E-state index in [9.17, 15) is 0 Å². The molecule has 3 heterocycles. The van der Waals surface area contributed by atoms with Gasteiger partial charge in [-0.3, -0.25) is 4.98 Å². The molecule has 106 valence electrons. The number of ether oxygens (including phenoxy) is 1. The van der Waals surface area contributed by atoms with Crippen molar-refractivity contribution in [3.05, 3.63) is 61.1 Å². The summed E-state index contributed by atoms with van der Waals surface area (Å²) >= 11 is 0. The first-order valence-corrected chi connectivity index (χ1v) is 7.00. The lowest BCUT2D eigenvalue weighted by atomic mass is 10.0. The Hall–Kier alpha value is -3.01. The topological polar surface area (TPSA) is 47.9 Å². The van der Waals surface area contributed by atoms with Crippen LogP contribution in [0.3, 0.4) is 0 Å². The predicted octanol–water partition coefficient (Wildman–Crippen LogP) is 3.85. The Morgan fingerprint density at radius 1 is 0.864 bits per heavy atom. The molecular formula is C18H13N3O. The van der Waals surface area contributed by atoms with Crippen LogP contribution >= 0.6 is 0 Å². The summed E-state index contributed by atoms with van der Waals surface area (Å²) in [6.45, 7) is 0. The number of benzene rings is 1. The summed E-state index contributed by atoms with van der Waals surface area (Å²) in [5, 5.41) is 3.11. The third-order valence-corrected chi connectivity index (χ3v) is 3.73. The van der Waals surface area contributed by atoms with Crippen LogP contribution in [-0.4, -0.2) is 22.1 Å².